The third kappa shape index (κ3) is 6.38. The van der Waals surface area contributed by atoms with Crippen LogP contribution >= 0.6 is 39.3 Å². The number of carbonyl (C=O) groups excluding carboxylic acids is 1. The molecule has 4 aromatic rings. The quantitative estimate of drug-likeness (QED) is 0.225. The van der Waals surface area contributed by atoms with Crippen LogP contribution in [-0.2, 0) is 12.3 Å². The Kier molecular flexibility index (Phi) is 8.96. The molecule has 0 aliphatic carbocycles. The van der Waals surface area contributed by atoms with Crippen molar-refractivity contribution in [2.24, 2.45) is 0 Å². The predicted molar refractivity (Wildman–Crippen MR) is 147 cm³/mol. The van der Waals surface area contributed by atoms with E-state index in [1.165, 1.54) is 21.3 Å². The maximum absolute atomic E-state index is 13.1. The minimum atomic E-state index is -0.330. The second-order valence-electron chi connectivity index (χ2n) is 7.73. The number of rotatable bonds is 10. The van der Waals surface area contributed by atoms with E-state index in [9.17, 15) is 4.79 Å². The van der Waals surface area contributed by atoms with E-state index in [4.69, 9.17) is 25.8 Å². The molecule has 37 heavy (non-hydrogen) atoms. The first-order chi connectivity index (χ1) is 17.9. The molecule has 1 heterocycles. The van der Waals surface area contributed by atoms with E-state index in [0.717, 1.165) is 15.7 Å². The van der Waals surface area contributed by atoms with Crippen molar-refractivity contribution >= 4 is 45.2 Å². The van der Waals surface area contributed by atoms with E-state index in [1.54, 1.807) is 30.0 Å². The number of aromatic nitrogens is 3. The fourth-order valence-corrected chi connectivity index (χ4v) is 4.96. The highest BCUT2D eigenvalue weighted by Gasteiger charge is 2.19. The summed E-state index contributed by atoms with van der Waals surface area (Å²) in [4.78, 5) is 13.1. The van der Waals surface area contributed by atoms with Gasteiger partial charge in [0.2, 0.25) is 5.75 Å². The third-order valence-electron chi connectivity index (χ3n) is 5.38. The van der Waals surface area contributed by atoms with Gasteiger partial charge in [-0.3, -0.25) is 9.36 Å². The molecule has 3 aromatic carbocycles. The molecule has 192 valence electrons. The van der Waals surface area contributed by atoms with E-state index >= 15 is 0 Å². The fraction of sp³-hybridized carbons (Fsp3) is 0.192. The van der Waals surface area contributed by atoms with Crippen LogP contribution in [0.4, 0.5) is 0 Å². The summed E-state index contributed by atoms with van der Waals surface area (Å²) in [5.41, 5.74) is 2.30. The van der Waals surface area contributed by atoms with Gasteiger partial charge in [0.1, 0.15) is 0 Å². The molecule has 1 aromatic heterocycles. The van der Waals surface area contributed by atoms with Crippen LogP contribution < -0.4 is 19.5 Å². The molecule has 11 heteroatoms. The molecule has 0 spiro atoms. The lowest BCUT2D eigenvalue weighted by atomic mass is 10.1. The summed E-state index contributed by atoms with van der Waals surface area (Å²) >= 11 is 11.3. The molecule has 1 amide bonds. The van der Waals surface area contributed by atoms with Crippen molar-refractivity contribution in [2.75, 3.05) is 21.3 Å². The van der Waals surface area contributed by atoms with E-state index in [0.29, 0.717) is 44.6 Å². The second kappa shape index (κ2) is 12.4. The maximum Gasteiger partial charge on any atom is 0.251 e. The van der Waals surface area contributed by atoms with E-state index in [-0.39, 0.29) is 12.5 Å². The molecule has 0 radical (unpaired) electrons. The minimum absolute atomic E-state index is 0.133. The van der Waals surface area contributed by atoms with Gasteiger partial charge in [0, 0.05) is 20.8 Å². The Morgan fingerprint density at radius 3 is 2.32 bits per heavy atom. The van der Waals surface area contributed by atoms with Crippen LogP contribution in [0.25, 0.3) is 5.69 Å². The zero-order valence-corrected chi connectivity index (χ0v) is 23.5. The van der Waals surface area contributed by atoms with Gasteiger partial charge >= 0.3 is 0 Å². The molecular weight excluding hydrogens is 580 g/mol. The first-order valence-electron chi connectivity index (χ1n) is 11.1. The number of hydrogen-bond donors (Lipinski definition) is 1. The van der Waals surface area contributed by atoms with Gasteiger partial charge in [-0.1, -0.05) is 57.5 Å². The van der Waals surface area contributed by atoms with Crippen LogP contribution in [0.1, 0.15) is 21.7 Å². The molecular formula is C26H24BrClN4O4S. The summed E-state index contributed by atoms with van der Waals surface area (Å²) in [7, 11) is 4.51. The smallest absolute Gasteiger partial charge is 0.251 e. The van der Waals surface area contributed by atoms with Gasteiger partial charge in [-0.15, -0.1) is 10.2 Å². The molecule has 4 rings (SSSR count). The zero-order valence-electron chi connectivity index (χ0n) is 20.3. The first-order valence-corrected chi connectivity index (χ1v) is 13.2. The van der Waals surface area contributed by atoms with Crippen molar-refractivity contribution in [2.45, 2.75) is 17.5 Å². The van der Waals surface area contributed by atoms with Crippen LogP contribution in [-0.4, -0.2) is 42.0 Å². The SMILES string of the molecule is COc1cc(C(=O)NCc2nnc(SCc3ccc(Br)cc3)n2-c2cccc(Cl)c2)cc(OC)c1OC. The molecule has 0 saturated heterocycles. The lowest BCUT2D eigenvalue weighted by Crippen LogP contribution is -2.24. The highest BCUT2D eigenvalue weighted by Crippen LogP contribution is 2.38. The number of amides is 1. The van der Waals surface area contributed by atoms with Gasteiger partial charge < -0.3 is 19.5 Å². The number of methoxy groups -OCH3 is 3. The molecule has 0 aliphatic heterocycles. The Labute approximate surface area is 232 Å². The van der Waals surface area contributed by atoms with Crippen LogP contribution in [0.2, 0.25) is 5.02 Å². The molecule has 0 saturated carbocycles. The normalized spacial score (nSPS) is 10.7. The van der Waals surface area contributed by atoms with Gasteiger partial charge in [0.25, 0.3) is 5.91 Å². The lowest BCUT2D eigenvalue weighted by molar-refractivity contribution is 0.0949. The van der Waals surface area contributed by atoms with E-state index in [2.05, 4.69) is 43.6 Å². The summed E-state index contributed by atoms with van der Waals surface area (Å²) in [5.74, 6) is 2.12. The van der Waals surface area contributed by atoms with Crippen molar-refractivity contribution in [3.63, 3.8) is 0 Å². The van der Waals surface area contributed by atoms with Crippen molar-refractivity contribution in [3.8, 4) is 22.9 Å². The number of hydrogen-bond acceptors (Lipinski definition) is 7. The van der Waals surface area contributed by atoms with Crippen molar-refractivity contribution < 1.29 is 19.0 Å². The number of thioether (sulfide) groups is 1. The summed E-state index contributed by atoms with van der Waals surface area (Å²) in [6.07, 6.45) is 0. The highest BCUT2D eigenvalue weighted by atomic mass is 79.9. The zero-order chi connectivity index (χ0) is 26.4. The van der Waals surface area contributed by atoms with E-state index in [1.807, 2.05) is 34.9 Å². The largest absolute Gasteiger partial charge is 0.493 e. The van der Waals surface area contributed by atoms with Crippen molar-refractivity contribution in [1.29, 1.82) is 0 Å². The van der Waals surface area contributed by atoms with Gasteiger partial charge in [0.05, 0.1) is 33.6 Å². The number of benzene rings is 3. The molecule has 1 N–H and O–H groups in total. The average molecular weight is 604 g/mol. The molecule has 0 bridgehead atoms. The van der Waals surface area contributed by atoms with Gasteiger partial charge in [-0.2, -0.15) is 0 Å². The summed E-state index contributed by atoms with van der Waals surface area (Å²) < 4.78 is 19.0. The monoisotopic (exact) mass is 602 g/mol. The van der Waals surface area contributed by atoms with Crippen LogP contribution in [0.3, 0.4) is 0 Å². The number of halogens is 2. The molecule has 8 nitrogen and oxygen atoms in total. The number of nitrogens with one attached hydrogen (secondary N) is 1. The third-order valence-corrected chi connectivity index (χ3v) is 7.15. The van der Waals surface area contributed by atoms with Crippen molar-refractivity contribution in [3.05, 3.63) is 87.1 Å². The van der Waals surface area contributed by atoms with Gasteiger partial charge in [-0.25, -0.2) is 0 Å². The standard InChI is InChI=1S/C26H24BrClN4O4S/c1-34-21-11-17(12-22(35-2)24(21)36-3)25(33)29-14-23-30-31-26(32(23)20-6-4-5-19(28)13-20)37-15-16-7-9-18(27)10-8-16/h4-13H,14-15H2,1-3H3,(H,29,33). The van der Waals surface area contributed by atoms with Gasteiger partial charge in [0.15, 0.2) is 22.5 Å². The fourth-order valence-electron chi connectivity index (χ4n) is 3.58. The summed E-state index contributed by atoms with van der Waals surface area (Å²) in [6.45, 7) is 0.133. The highest BCUT2D eigenvalue weighted by molar-refractivity contribution is 9.10. The number of ether oxygens (including phenoxy) is 3. The first kappa shape index (κ1) is 26.8. The molecule has 0 unspecified atom stereocenters. The lowest BCUT2D eigenvalue weighted by Gasteiger charge is -2.14. The van der Waals surface area contributed by atoms with Crippen LogP contribution in [0.5, 0.6) is 17.2 Å². The van der Waals surface area contributed by atoms with Crippen LogP contribution in [0.15, 0.2) is 70.3 Å². The Balaban J connectivity index is 1.58. The summed E-state index contributed by atoms with van der Waals surface area (Å²) in [5, 5.41) is 12.9. The van der Waals surface area contributed by atoms with Crippen molar-refractivity contribution in [1.82, 2.24) is 20.1 Å². The molecule has 0 aliphatic rings. The average Bonchev–Trinajstić information content (AvgIpc) is 3.33. The molecule has 0 fully saturated rings. The Morgan fingerprint density at radius 1 is 1.00 bits per heavy atom. The maximum atomic E-state index is 13.1. The van der Waals surface area contributed by atoms with Gasteiger partial charge in [-0.05, 0) is 48.0 Å². The second-order valence-corrected chi connectivity index (χ2v) is 10.0. The van der Waals surface area contributed by atoms with E-state index < -0.39 is 0 Å². The number of nitrogens with zero attached hydrogens (tertiary/aromatic N) is 3. The minimum Gasteiger partial charge on any atom is -0.493 e. The Bertz CT molecular complexity index is 1370. The number of carbonyl (C=O) groups is 1. The molecule has 0 atom stereocenters. The Hall–Kier alpha value is -3.21. The Morgan fingerprint density at radius 2 is 1.70 bits per heavy atom. The summed E-state index contributed by atoms with van der Waals surface area (Å²) in [6, 6.07) is 18.7. The topological polar surface area (TPSA) is 87.5 Å². The van der Waals surface area contributed by atoms with Crippen LogP contribution in [0, 0.1) is 0 Å². The predicted octanol–water partition coefficient (Wildman–Crippen LogP) is 5.93.